The van der Waals surface area contributed by atoms with Crippen LogP contribution < -0.4 is 0 Å². The molecule has 7 heteroatoms. The Morgan fingerprint density at radius 1 is 1.07 bits per heavy atom. The van der Waals surface area contributed by atoms with Crippen LogP contribution in [0.3, 0.4) is 0 Å². The Labute approximate surface area is 167 Å². The molecule has 0 radical (unpaired) electrons. The van der Waals surface area contributed by atoms with Gasteiger partial charge >= 0.3 is 5.97 Å². The molecule has 0 saturated carbocycles. The average Bonchev–Trinajstić information content (AvgIpc) is 3.14. The van der Waals surface area contributed by atoms with Crippen LogP contribution in [-0.2, 0) is 9.59 Å². The zero-order chi connectivity index (χ0) is 19.4. The maximum Gasteiger partial charge on any atom is 0.327 e. The van der Waals surface area contributed by atoms with Crippen LogP contribution in [0.1, 0.15) is 27.7 Å². The monoisotopic (exact) mass is 401 g/mol. The second-order valence-corrected chi connectivity index (χ2v) is 7.94. The van der Waals surface area contributed by atoms with Crippen LogP contribution in [0, 0.1) is 0 Å². The Bertz CT molecular complexity index is 828. The van der Waals surface area contributed by atoms with E-state index in [-0.39, 0.29) is 23.5 Å². The zero-order valence-corrected chi connectivity index (χ0v) is 16.1. The lowest BCUT2D eigenvalue weighted by atomic mass is 10.0. The third-order valence-corrected chi connectivity index (χ3v) is 6.13. The molecule has 1 aliphatic rings. The van der Waals surface area contributed by atoms with Crippen molar-refractivity contribution in [1.82, 2.24) is 4.90 Å². The summed E-state index contributed by atoms with van der Waals surface area (Å²) in [6.07, 6.45) is -0.148. The number of amides is 1. The van der Waals surface area contributed by atoms with Crippen LogP contribution in [0.15, 0.2) is 60.7 Å². The lowest BCUT2D eigenvalue weighted by Gasteiger charge is -2.28. The number of hydrogen-bond acceptors (Lipinski definition) is 5. The number of nitrogens with zero attached hydrogens (tertiary/aromatic N) is 1. The van der Waals surface area contributed by atoms with E-state index in [0.29, 0.717) is 11.3 Å². The first-order valence-corrected chi connectivity index (χ1v) is 10.0. The highest BCUT2D eigenvalue weighted by molar-refractivity contribution is 7.99. The fourth-order valence-corrected chi connectivity index (χ4v) is 4.78. The van der Waals surface area contributed by atoms with Gasteiger partial charge in [0.05, 0.1) is 5.25 Å². The zero-order valence-electron chi connectivity index (χ0n) is 14.4. The summed E-state index contributed by atoms with van der Waals surface area (Å²) >= 11 is 5.73. The topological polar surface area (TPSA) is 74.7 Å². The van der Waals surface area contributed by atoms with Crippen molar-refractivity contribution in [2.45, 2.75) is 23.1 Å². The quantitative estimate of drug-likeness (QED) is 0.574. The van der Waals surface area contributed by atoms with Gasteiger partial charge in [0.1, 0.15) is 11.4 Å². The molecule has 1 fully saturated rings. The first-order chi connectivity index (χ1) is 13.0. The number of ketones is 1. The number of thiol groups is 1. The smallest absolute Gasteiger partial charge is 0.327 e. The number of hydrogen-bond donors (Lipinski definition) is 2. The SMILES string of the molecule is O=C(c1ccccc1)C(S)CC(=O)N1C(C(=O)O)CSC1c1ccccc1. The summed E-state index contributed by atoms with van der Waals surface area (Å²) in [4.78, 5) is 38.5. The molecule has 1 aliphatic heterocycles. The van der Waals surface area contributed by atoms with E-state index < -0.39 is 17.3 Å². The van der Waals surface area contributed by atoms with Gasteiger partial charge in [0.25, 0.3) is 0 Å². The van der Waals surface area contributed by atoms with Gasteiger partial charge in [-0.05, 0) is 5.56 Å². The van der Waals surface area contributed by atoms with E-state index in [1.807, 2.05) is 30.3 Å². The van der Waals surface area contributed by atoms with Gasteiger partial charge in [0.2, 0.25) is 5.91 Å². The van der Waals surface area contributed by atoms with Crippen LogP contribution in [0.4, 0.5) is 0 Å². The largest absolute Gasteiger partial charge is 0.480 e. The molecule has 1 amide bonds. The summed E-state index contributed by atoms with van der Waals surface area (Å²) in [6, 6.07) is 17.1. The van der Waals surface area contributed by atoms with Crippen LogP contribution >= 0.6 is 24.4 Å². The second-order valence-electron chi connectivity index (χ2n) is 6.20. The number of carboxylic acid groups (broad SMARTS) is 1. The standard InChI is InChI=1S/C20H19NO4S2/c22-17(11-16(26)18(23)13-7-3-1-4-8-13)21-15(20(24)25)12-27-19(21)14-9-5-2-6-10-14/h1-10,15-16,19,26H,11-12H2,(H,24,25). The summed E-state index contributed by atoms with van der Waals surface area (Å²) in [6.45, 7) is 0. The molecule has 5 nitrogen and oxygen atoms in total. The minimum absolute atomic E-state index is 0.148. The molecule has 2 aromatic rings. The molecule has 3 rings (SSSR count). The number of carbonyl (C=O) groups excluding carboxylic acids is 2. The number of carboxylic acids is 1. The molecule has 0 spiro atoms. The Hall–Kier alpha value is -2.25. The number of Topliss-reactive ketones (excluding diaryl/α,β-unsaturated/α-hetero) is 1. The van der Waals surface area contributed by atoms with Crippen molar-refractivity contribution in [1.29, 1.82) is 0 Å². The van der Waals surface area contributed by atoms with Gasteiger partial charge in [-0.2, -0.15) is 12.6 Å². The van der Waals surface area contributed by atoms with Crippen molar-refractivity contribution in [3.63, 3.8) is 0 Å². The van der Waals surface area contributed by atoms with E-state index in [0.717, 1.165) is 5.56 Å². The predicted molar refractivity (Wildman–Crippen MR) is 108 cm³/mol. The van der Waals surface area contributed by atoms with Crippen molar-refractivity contribution >= 4 is 42.1 Å². The van der Waals surface area contributed by atoms with Crippen molar-refractivity contribution in [2.75, 3.05) is 5.75 Å². The highest BCUT2D eigenvalue weighted by atomic mass is 32.2. The lowest BCUT2D eigenvalue weighted by molar-refractivity contribution is -0.149. The third kappa shape index (κ3) is 4.36. The number of carbonyl (C=O) groups is 3. The van der Waals surface area contributed by atoms with E-state index in [4.69, 9.17) is 0 Å². The van der Waals surface area contributed by atoms with Gasteiger partial charge in [0, 0.05) is 17.7 Å². The normalized spacial score (nSPS) is 20.3. The van der Waals surface area contributed by atoms with Crippen LogP contribution in [0.25, 0.3) is 0 Å². The van der Waals surface area contributed by atoms with Gasteiger partial charge in [0.15, 0.2) is 5.78 Å². The first-order valence-electron chi connectivity index (χ1n) is 8.47. The molecule has 1 saturated heterocycles. The molecule has 140 valence electrons. The van der Waals surface area contributed by atoms with E-state index >= 15 is 0 Å². The Morgan fingerprint density at radius 3 is 2.26 bits per heavy atom. The molecule has 0 aliphatic carbocycles. The molecule has 0 bridgehead atoms. The molecular weight excluding hydrogens is 382 g/mol. The molecular formula is C20H19NO4S2. The third-order valence-electron chi connectivity index (χ3n) is 4.39. The molecule has 27 heavy (non-hydrogen) atoms. The van der Waals surface area contributed by atoms with E-state index in [1.165, 1.54) is 16.7 Å². The fourth-order valence-electron chi connectivity index (χ4n) is 3.03. The van der Waals surface area contributed by atoms with Gasteiger partial charge in [-0.3, -0.25) is 9.59 Å². The summed E-state index contributed by atoms with van der Waals surface area (Å²) in [7, 11) is 0. The van der Waals surface area contributed by atoms with E-state index in [9.17, 15) is 19.5 Å². The van der Waals surface area contributed by atoms with Crippen molar-refractivity contribution in [3.8, 4) is 0 Å². The average molecular weight is 402 g/mol. The predicted octanol–water partition coefficient (Wildman–Crippen LogP) is 3.29. The van der Waals surface area contributed by atoms with Gasteiger partial charge in [-0.25, -0.2) is 4.79 Å². The molecule has 3 atom stereocenters. The number of benzene rings is 2. The van der Waals surface area contributed by atoms with Crippen LogP contribution in [0.5, 0.6) is 0 Å². The van der Waals surface area contributed by atoms with Gasteiger partial charge in [-0.1, -0.05) is 60.7 Å². The molecule has 0 aromatic heterocycles. The molecule has 2 aromatic carbocycles. The minimum Gasteiger partial charge on any atom is -0.480 e. The number of aliphatic carboxylic acids is 1. The van der Waals surface area contributed by atoms with Gasteiger partial charge in [-0.15, -0.1) is 11.8 Å². The van der Waals surface area contributed by atoms with E-state index in [1.54, 1.807) is 30.3 Å². The summed E-state index contributed by atoms with van der Waals surface area (Å²) in [5.41, 5.74) is 1.35. The Balaban J connectivity index is 1.79. The summed E-state index contributed by atoms with van der Waals surface area (Å²) < 4.78 is 0. The highest BCUT2D eigenvalue weighted by Crippen LogP contribution is 2.42. The van der Waals surface area contributed by atoms with Crippen molar-refractivity contribution < 1.29 is 19.5 Å². The Morgan fingerprint density at radius 2 is 1.67 bits per heavy atom. The Kier molecular flexibility index (Phi) is 6.23. The first kappa shape index (κ1) is 19.5. The summed E-state index contributed by atoms with van der Waals surface area (Å²) in [5.74, 6) is -1.36. The highest BCUT2D eigenvalue weighted by Gasteiger charge is 2.42. The number of thioether (sulfide) groups is 1. The molecule has 1 heterocycles. The lowest BCUT2D eigenvalue weighted by Crippen LogP contribution is -2.44. The fraction of sp³-hybridized carbons (Fsp3) is 0.250. The van der Waals surface area contributed by atoms with Crippen molar-refractivity contribution in [2.24, 2.45) is 0 Å². The maximum atomic E-state index is 12.9. The maximum absolute atomic E-state index is 12.9. The van der Waals surface area contributed by atoms with Crippen molar-refractivity contribution in [3.05, 3.63) is 71.8 Å². The number of rotatable bonds is 6. The second kappa shape index (κ2) is 8.63. The van der Waals surface area contributed by atoms with Crippen LogP contribution in [0.2, 0.25) is 0 Å². The van der Waals surface area contributed by atoms with E-state index in [2.05, 4.69) is 12.6 Å². The molecule has 1 N–H and O–H groups in total. The van der Waals surface area contributed by atoms with Crippen LogP contribution in [-0.4, -0.2) is 44.7 Å². The van der Waals surface area contributed by atoms with Gasteiger partial charge < -0.3 is 10.0 Å². The minimum atomic E-state index is -1.04. The summed E-state index contributed by atoms with van der Waals surface area (Å²) in [5, 5.41) is 8.32. The molecule has 3 unspecified atom stereocenters.